The summed E-state index contributed by atoms with van der Waals surface area (Å²) in [5.74, 6) is -0.628. The van der Waals surface area contributed by atoms with E-state index in [1.54, 1.807) is 0 Å². The number of anilines is 1. The lowest BCUT2D eigenvalue weighted by Crippen LogP contribution is -2.05. The number of hydrogen-bond donors (Lipinski definition) is 2. The number of aromatic nitrogens is 4. The molecule has 0 radical (unpaired) electrons. The largest absolute Gasteiger partial charge is 0.364 e. The summed E-state index contributed by atoms with van der Waals surface area (Å²) in [5, 5.41) is 2.91. The minimum atomic E-state index is -0.504. The van der Waals surface area contributed by atoms with E-state index in [1.165, 1.54) is 6.33 Å². The lowest BCUT2D eigenvalue weighted by molar-refractivity contribution is 0.587. The first kappa shape index (κ1) is 12.7. The molecule has 20 heavy (non-hydrogen) atoms. The van der Waals surface area contributed by atoms with Crippen molar-refractivity contribution in [3.8, 4) is 0 Å². The van der Waals surface area contributed by atoms with Gasteiger partial charge in [0.05, 0.1) is 6.33 Å². The summed E-state index contributed by atoms with van der Waals surface area (Å²) in [6.07, 6.45) is 1.45. The molecule has 0 fully saturated rings. The molecule has 0 bridgehead atoms. The standard InChI is InChI=1S/C12H8ClF2N5/c13-12-19-10(9-11(20-12)18-5-17-9)16-4-6-3-7(14)1-2-8(6)15/h1-3,5H,4H2,(H2,16,17,18,19,20). The number of benzene rings is 1. The molecule has 0 atom stereocenters. The van der Waals surface area contributed by atoms with Crippen LogP contribution in [0.2, 0.25) is 5.28 Å². The van der Waals surface area contributed by atoms with E-state index < -0.39 is 11.6 Å². The van der Waals surface area contributed by atoms with Crippen molar-refractivity contribution < 1.29 is 8.78 Å². The Morgan fingerprint density at radius 2 is 2.10 bits per heavy atom. The van der Waals surface area contributed by atoms with Crippen molar-refractivity contribution in [1.29, 1.82) is 0 Å². The monoisotopic (exact) mass is 295 g/mol. The van der Waals surface area contributed by atoms with Crippen LogP contribution >= 0.6 is 11.6 Å². The highest BCUT2D eigenvalue weighted by Gasteiger charge is 2.10. The van der Waals surface area contributed by atoms with Gasteiger partial charge in [-0.15, -0.1) is 0 Å². The van der Waals surface area contributed by atoms with Gasteiger partial charge >= 0.3 is 0 Å². The molecule has 3 rings (SSSR count). The van der Waals surface area contributed by atoms with Crippen LogP contribution in [0.1, 0.15) is 5.56 Å². The van der Waals surface area contributed by atoms with Crippen LogP contribution in [0.15, 0.2) is 24.5 Å². The highest BCUT2D eigenvalue weighted by Crippen LogP contribution is 2.20. The molecule has 2 aromatic heterocycles. The lowest BCUT2D eigenvalue weighted by Gasteiger charge is -2.07. The molecule has 2 N–H and O–H groups in total. The van der Waals surface area contributed by atoms with Crippen molar-refractivity contribution in [1.82, 2.24) is 19.9 Å². The number of rotatable bonds is 3. The summed E-state index contributed by atoms with van der Waals surface area (Å²) in [5.41, 5.74) is 1.13. The van der Waals surface area contributed by atoms with Crippen LogP contribution in [-0.4, -0.2) is 19.9 Å². The zero-order valence-corrected chi connectivity index (χ0v) is 10.7. The Kier molecular flexibility index (Phi) is 3.19. The summed E-state index contributed by atoms with van der Waals surface area (Å²) in [6.45, 7) is 0.0606. The summed E-state index contributed by atoms with van der Waals surface area (Å²) in [4.78, 5) is 14.7. The van der Waals surface area contributed by atoms with Gasteiger partial charge in [-0.25, -0.2) is 13.8 Å². The lowest BCUT2D eigenvalue weighted by atomic mass is 10.2. The number of nitrogens with one attached hydrogen (secondary N) is 2. The van der Waals surface area contributed by atoms with Crippen molar-refractivity contribution in [3.05, 3.63) is 47.0 Å². The van der Waals surface area contributed by atoms with Gasteiger partial charge in [0, 0.05) is 12.1 Å². The fourth-order valence-corrected chi connectivity index (χ4v) is 1.96. The molecule has 0 amide bonds. The van der Waals surface area contributed by atoms with E-state index in [1.807, 2.05) is 0 Å². The van der Waals surface area contributed by atoms with Gasteiger partial charge in [-0.1, -0.05) is 0 Å². The zero-order valence-electron chi connectivity index (χ0n) is 9.99. The first-order valence-electron chi connectivity index (χ1n) is 5.68. The molecule has 3 aromatic rings. The number of nitrogens with zero attached hydrogens (tertiary/aromatic N) is 3. The molecular weight excluding hydrogens is 288 g/mol. The Morgan fingerprint density at radius 3 is 2.95 bits per heavy atom. The van der Waals surface area contributed by atoms with Crippen LogP contribution in [-0.2, 0) is 6.54 Å². The SMILES string of the molecule is Fc1ccc(F)c(CNc2nc(Cl)nc3nc[nH]c23)c1. The Labute approximate surface area is 117 Å². The van der Waals surface area contributed by atoms with E-state index >= 15 is 0 Å². The molecule has 0 saturated heterocycles. The molecule has 2 heterocycles. The first-order chi connectivity index (χ1) is 9.63. The number of H-pyrrole nitrogens is 1. The summed E-state index contributed by atoms with van der Waals surface area (Å²) in [7, 11) is 0. The van der Waals surface area contributed by atoms with Gasteiger partial charge in [-0.05, 0) is 29.8 Å². The van der Waals surface area contributed by atoms with Gasteiger partial charge in [0.15, 0.2) is 11.5 Å². The molecule has 0 unspecified atom stereocenters. The molecule has 5 nitrogen and oxygen atoms in total. The third-order valence-electron chi connectivity index (χ3n) is 2.71. The number of hydrogen-bond acceptors (Lipinski definition) is 4. The van der Waals surface area contributed by atoms with E-state index in [0.29, 0.717) is 17.0 Å². The highest BCUT2D eigenvalue weighted by atomic mass is 35.5. The Hall–Kier alpha value is -2.28. The Balaban J connectivity index is 1.90. The molecule has 0 saturated carbocycles. The van der Waals surface area contributed by atoms with Crippen molar-refractivity contribution in [3.63, 3.8) is 0 Å². The summed E-state index contributed by atoms with van der Waals surface area (Å²) in [6, 6.07) is 3.26. The average Bonchev–Trinajstić information content (AvgIpc) is 2.87. The van der Waals surface area contributed by atoms with E-state index in [0.717, 1.165) is 18.2 Å². The molecule has 0 aliphatic heterocycles. The average molecular weight is 296 g/mol. The van der Waals surface area contributed by atoms with Crippen molar-refractivity contribution in [2.45, 2.75) is 6.54 Å². The minimum absolute atomic E-state index is 0.0202. The smallest absolute Gasteiger partial charge is 0.226 e. The number of fused-ring (bicyclic) bond motifs is 1. The van der Waals surface area contributed by atoms with Crippen LogP contribution < -0.4 is 5.32 Å². The maximum atomic E-state index is 13.5. The Bertz CT molecular complexity index is 774. The van der Waals surface area contributed by atoms with Gasteiger partial charge in [-0.3, -0.25) is 0 Å². The molecule has 0 aliphatic rings. The Morgan fingerprint density at radius 1 is 1.25 bits per heavy atom. The van der Waals surface area contributed by atoms with Crippen molar-refractivity contribution in [2.75, 3.05) is 5.32 Å². The van der Waals surface area contributed by atoms with Gasteiger partial charge in [0.2, 0.25) is 5.28 Å². The number of aromatic amines is 1. The van der Waals surface area contributed by atoms with Gasteiger partial charge in [0.1, 0.15) is 17.2 Å². The number of imidazole rings is 1. The van der Waals surface area contributed by atoms with E-state index in [9.17, 15) is 8.78 Å². The molecule has 8 heteroatoms. The summed E-state index contributed by atoms with van der Waals surface area (Å²) >= 11 is 5.77. The maximum Gasteiger partial charge on any atom is 0.226 e. The minimum Gasteiger partial charge on any atom is -0.364 e. The third kappa shape index (κ3) is 2.39. The second-order valence-electron chi connectivity index (χ2n) is 4.03. The predicted octanol–water partition coefficient (Wildman–Crippen LogP) is 2.90. The third-order valence-corrected chi connectivity index (χ3v) is 2.88. The van der Waals surface area contributed by atoms with Gasteiger partial charge < -0.3 is 10.3 Å². The topological polar surface area (TPSA) is 66.5 Å². The van der Waals surface area contributed by atoms with E-state index in [-0.39, 0.29) is 17.4 Å². The number of halogens is 3. The first-order valence-corrected chi connectivity index (χ1v) is 6.05. The van der Waals surface area contributed by atoms with Crippen LogP contribution in [0.5, 0.6) is 0 Å². The molecule has 0 spiro atoms. The molecule has 1 aromatic carbocycles. The second-order valence-corrected chi connectivity index (χ2v) is 4.37. The fraction of sp³-hybridized carbons (Fsp3) is 0.0833. The van der Waals surface area contributed by atoms with Gasteiger partial charge in [0.25, 0.3) is 0 Å². The predicted molar refractivity (Wildman–Crippen MR) is 70.4 cm³/mol. The zero-order chi connectivity index (χ0) is 14.1. The normalized spacial score (nSPS) is 10.9. The van der Waals surface area contributed by atoms with E-state index in [2.05, 4.69) is 25.3 Å². The molecule has 0 aliphatic carbocycles. The quantitative estimate of drug-likeness (QED) is 0.729. The molecule has 102 valence electrons. The second kappa shape index (κ2) is 5.01. The van der Waals surface area contributed by atoms with E-state index in [4.69, 9.17) is 11.6 Å². The van der Waals surface area contributed by atoms with Crippen LogP contribution in [0.3, 0.4) is 0 Å². The van der Waals surface area contributed by atoms with Crippen LogP contribution in [0.4, 0.5) is 14.6 Å². The molecular formula is C12H8ClF2N5. The van der Waals surface area contributed by atoms with Gasteiger partial charge in [-0.2, -0.15) is 9.97 Å². The van der Waals surface area contributed by atoms with Crippen LogP contribution in [0.25, 0.3) is 11.2 Å². The maximum absolute atomic E-state index is 13.5. The fourth-order valence-electron chi connectivity index (χ4n) is 1.79. The van der Waals surface area contributed by atoms with Crippen molar-refractivity contribution in [2.24, 2.45) is 0 Å². The van der Waals surface area contributed by atoms with Crippen LogP contribution in [0, 0.1) is 11.6 Å². The van der Waals surface area contributed by atoms with Crippen molar-refractivity contribution >= 4 is 28.6 Å². The highest BCUT2D eigenvalue weighted by molar-refractivity contribution is 6.28. The summed E-state index contributed by atoms with van der Waals surface area (Å²) < 4.78 is 26.6.